The van der Waals surface area contributed by atoms with Crippen molar-refractivity contribution in [2.75, 3.05) is 13.1 Å². The fourth-order valence-corrected chi connectivity index (χ4v) is 2.39. The molecule has 1 aliphatic rings. The van der Waals surface area contributed by atoms with Crippen molar-refractivity contribution < 1.29 is 0 Å². The summed E-state index contributed by atoms with van der Waals surface area (Å²) in [6.45, 7) is 4.15. The molecule has 0 spiro atoms. The summed E-state index contributed by atoms with van der Waals surface area (Å²) >= 11 is 0. The molecular weight excluding hydrogens is 262 g/mol. The van der Waals surface area contributed by atoms with Crippen LogP contribution < -0.4 is 5.32 Å². The predicted octanol–water partition coefficient (Wildman–Crippen LogP) is 2.06. The molecule has 3 heterocycles. The zero-order chi connectivity index (χ0) is 12.4. The summed E-state index contributed by atoms with van der Waals surface area (Å²) in [5.41, 5.74) is 2.01. The van der Waals surface area contributed by atoms with E-state index in [0.717, 1.165) is 48.8 Å². The molecule has 3 rings (SSSR count). The number of H-pyrrole nitrogens is 1. The van der Waals surface area contributed by atoms with Crippen LogP contribution in [0.4, 0.5) is 0 Å². The van der Waals surface area contributed by atoms with Crippen LogP contribution in [0.25, 0.3) is 11.5 Å². The number of hydrogen-bond donors (Lipinski definition) is 2. The molecule has 19 heavy (non-hydrogen) atoms. The molecular formula is C13H18ClN5. The van der Waals surface area contributed by atoms with Crippen LogP contribution in [0.15, 0.2) is 18.3 Å². The van der Waals surface area contributed by atoms with Gasteiger partial charge in [0.25, 0.3) is 0 Å². The van der Waals surface area contributed by atoms with Gasteiger partial charge in [-0.15, -0.1) is 22.6 Å². The van der Waals surface area contributed by atoms with Crippen molar-refractivity contribution in [2.24, 2.45) is 0 Å². The van der Waals surface area contributed by atoms with Crippen molar-refractivity contribution in [3.63, 3.8) is 0 Å². The number of pyridine rings is 1. The minimum absolute atomic E-state index is 0. The van der Waals surface area contributed by atoms with Crippen LogP contribution in [-0.2, 0) is 0 Å². The molecule has 102 valence electrons. The fourth-order valence-electron chi connectivity index (χ4n) is 2.39. The second-order valence-corrected chi connectivity index (χ2v) is 4.75. The number of rotatable bonds is 2. The average Bonchev–Trinajstić information content (AvgIpc) is 2.90. The lowest BCUT2D eigenvalue weighted by atomic mass is 9.98. The van der Waals surface area contributed by atoms with Gasteiger partial charge in [-0.2, -0.15) is 0 Å². The highest BCUT2D eigenvalue weighted by Gasteiger charge is 2.19. The minimum atomic E-state index is 0. The predicted molar refractivity (Wildman–Crippen MR) is 76.4 cm³/mol. The maximum absolute atomic E-state index is 4.36. The highest BCUT2D eigenvalue weighted by Crippen LogP contribution is 2.24. The van der Waals surface area contributed by atoms with E-state index in [0.29, 0.717) is 5.92 Å². The number of aromatic amines is 1. The molecule has 1 saturated heterocycles. The molecule has 0 radical (unpaired) electrons. The Bertz CT molecular complexity index is 533. The summed E-state index contributed by atoms with van der Waals surface area (Å²) in [7, 11) is 0. The van der Waals surface area contributed by atoms with Gasteiger partial charge in [0.05, 0.1) is 0 Å². The van der Waals surface area contributed by atoms with E-state index in [1.807, 2.05) is 19.1 Å². The lowest BCUT2D eigenvalue weighted by Gasteiger charge is -2.19. The van der Waals surface area contributed by atoms with Crippen molar-refractivity contribution in [3.8, 4) is 11.5 Å². The third-order valence-corrected chi connectivity index (χ3v) is 3.46. The molecule has 0 aromatic carbocycles. The van der Waals surface area contributed by atoms with Crippen LogP contribution in [0.3, 0.4) is 0 Å². The first kappa shape index (κ1) is 14.0. The first-order valence-electron chi connectivity index (χ1n) is 6.40. The summed E-state index contributed by atoms with van der Waals surface area (Å²) in [4.78, 5) is 7.69. The number of aryl methyl sites for hydroxylation is 1. The van der Waals surface area contributed by atoms with Gasteiger partial charge in [-0.05, 0) is 44.5 Å². The Morgan fingerprint density at radius 2 is 2.00 bits per heavy atom. The molecule has 2 aromatic rings. The SMILES string of the molecule is Cc1cccnc1-c1nnc(C2CCNCC2)[nH]1.Cl. The second kappa shape index (κ2) is 6.12. The minimum Gasteiger partial charge on any atom is -0.323 e. The van der Waals surface area contributed by atoms with Gasteiger partial charge in [-0.1, -0.05) is 6.07 Å². The van der Waals surface area contributed by atoms with Crippen molar-refractivity contribution in [3.05, 3.63) is 29.7 Å². The van der Waals surface area contributed by atoms with E-state index in [9.17, 15) is 0 Å². The number of nitrogens with one attached hydrogen (secondary N) is 2. The van der Waals surface area contributed by atoms with E-state index < -0.39 is 0 Å². The van der Waals surface area contributed by atoms with Crippen LogP contribution in [0.5, 0.6) is 0 Å². The lowest BCUT2D eigenvalue weighted by molar-refractivity contribution is 0.446. The van der Waals surface area contributed by atoms with Crippen LogP contribution in [0.1, 0.15) is 30.1 Å². The van der Waals surface area contributed by atoms with Gasteiger partial charge in [0.2, 0.25) is 0 Å². The molecule has 0 aliphatic carbocycles. The molecule has 0 unspecified atom stereocenters. The smallest absolute Gasteiger partial charge is 0.180 e. The van der Waals surface area contributed by atoms with Gasteiger partial charge in [0.1, 0.15) is 11.5 Å². The summed E-state index contributed by atoms with van der Waals surface area (Å²) in [5, 5.41) is 11.9. The Morgan fingerprint density at radius 1 is 1.21 bits per heavy atom. The molecule has 1 fully saturated rings. The van der Waals surface area contributed by atoms with Crippen LogP contribution >= 0.6 is 12.4 Å². The lowest BCUT2D eigenvalue weighted by Crippen LogP contribution is -2.27. The van der Waals surface area contributed by atoms with Crippen molar-refractivity contribution >= 4 is 12.4 Å². The normalized spacial score (nSPS) is 16.1. The van der Waals surface area contributed by atoms with Gasteiger partial charge in [-0.25, -0.2) is 0 Å². The van der Waals surface area contributed by atoms with Crippen LogP contribution in [-0.4, -0.2) is 33.3 Å². The zero-order valence-corrected chi connectivity index (χ0v) is 11.7. The van der Waals surface area contributed by atoms with Gasteiger partial charge in [0, 0.05) is 12.1 Å². The molecule has 0 bridgehead atoms. The Labute approximate surface area is 118 Å². The van der Waals surface area contributed by atoms with Gasteiger partial charge in [0.15, 0.2) is 5.82 Å². The number of halogens is 1. The van der Waals surface area contributed by atoms with Gasteiger partial charge >= 0.3 is 0 Å². The van der Waals surface area contributed by atoms with E-state index in [2.05, 4.69) is 25.5 Å². The summed E-state index contributed by atoms with van der Waals surface area (Å²) < 4.78 is 0. The zero-order valence-electron chi connectivity index (χ0n) is 10.9. The second-order valence-electron chi connectivity index (χ2n) is 4.75. The number of nitrogens with zero attached hydrogens (tertiary/aromatic N) is 3. The molecule has 0 amide bonds. The molecule has 0 atom stereocenters. The topological polar surface area (TPSA) is 66.5 Å². The Balaban J connectivity index is 0.00000133. The Kier molecular flexibility index (Phi) is 4.50. The van der Waals surface area contributed by atoms with Crippen molar-refractivity contribution in [1.82, 2.24) is 25.5 Å². The Morgan fingerprint density at radius 3 is 2.74 bits per heavy atom. The van der Waals surface area contributed by atoms with E-state index >= 15 is 0 Å². The monoisotopic (exact) mass is 279 g/mol. The van der Waals surface area contributed by atoms with E-state index in [-0.39, 0.29) is 12.4 Å². The largest absolute Gasteiger partial charge is 0.323 e. The quantitative estimate of drug-likeness (QED) is 0.883. The Hall–Kier alpha value is -1.46. The maximum atomic E-state index is 4.36. The fraction of sp³-hybridized carbons (Fsp3) is 0.462. The van der Waals surface area contributed by atoms with Crippen LogP contribution in [0, 0.1) is 6.92 Å². The summed E-state index contributed by atoms with van der Waals surface area (Å²) in [6.07, 6.45) is 4.03. The first-order chi connectivity index (χ1) is 8.84. The highest BCUT2D eigenvalue weighted by atomic mass is 35.5. The number of piperidine rings is 1. The standard InChI is InChI=1S/C13H17N5.ClH/c1-9-3-2-6-15-11(9)13-16-12(17-18-13)10-4-7-14-8-5-10;/h2-3,6,10,14H,4-5,7-8H2,1H3,(H,16,17,18);1H. The van der Waals surface area contributed by atoms with Gasteiger partial charge < -0.3 is 10.3 Å². The molecule has 6 heteroatoms. The summed E-state index contributed by atoms with van der Waals surface area (Å²) in [6, 6.07) is 3.97. The molecule has 0 saturated carbocycles. The highest BCUT2D eigenvalue weighted by molar-refractivity contribution is 5.85. The molecule has 2 aromatic heterocycles. The number of aromatic nitrogens is 4. The third-order valence-electron chi connectivity index (χ3n) is 3.46. The van der Waals surface area contributed by atoms with E-state index in [1.54, 1.807) is 6.20 Å². The first-order valence-corrected chi connectivity index (χ1v) is 6.40. The maximum Gasteiger partial charge on any atom is 0.180 e. The van der Waals surface area contributed by atoms with Crippen molar-refractivity contribution in [2.45, 2.75) is 25.7 Å². The van der Waals surface area contributed by atoms with E-state index in [1.165, 1.54) is 0 Å². The molecule has 5 nitrogen and oxygen atoms in total. The van der Waals surface area contributed by atoms with Crippen molar-refractivity contribution in [1.29, 1.82) is 0 Å². The molecule has 1 aliphatic heterocycles. The average molecular weight is 280 g/mol. The van der Waals surface area contributed by atoms with Crippen LogP contribution in [0.2, 0.25) is 0 Å². The number of hydrogen-bond acceptors (Lipinski definition) is 4. The molecule has 2 N–H and O–H groups in total. The summed E-state index contributed by atoms with van der Waals surface area (Å²) in [5.74, 6) is 2.27. The van der Waals surface area contributed by atoms with Gasteiger partial charge in [-0.3, -0.25) is 4.98 Å². The third kappa shape index (κ3) is 2.93. The van der Waals surface area contributed by atoms with E-state index in [4.69, 9.17) is 0 Å².